The Morgan fingerprint density at radius 1 is 1.09 bits per heavy atom. The summed E-state index contributed by atoms with van der Waals surface area (Å²) in [7, 11) is 0. The third-order valence-electron chi connectivity index (χ3n) is 3.34. The Morgan fingerprint density at radius 3 is 2.36 bits per heavy atom. The van der Waals surface area contributed by atoms with Crippen molar-refractivity contribution in [1.29, 1.82) is 0 Å². The molecule has 0 fully saturated rings. The first-order valence-electron chi connectivity index (χ1n) is 6.72. The molecule has 2 aromatic carbocycles. The number of hydrogen-bond donors (Lipinski definition) is 1. The highest BCUT2D eigenvalue weighted by Crippen LogP contribution is 2.25. The molecule has 0 aliphatic heterocycles. The number of nitrogens with zero attached hydrogens (tertiary/aromatic N) is 2. The summed E-state index contributed by atoms with van der Waals surface area (Å²) in [6, 6.07) is 16.3. The fraction of sp³-hybridized carbons (Fsp3) is 0.0588. The van der Waals surface area contributed by atoms with Gasteiger partial charge in [0.2, 0.25) is 0 Å². The highest BCUT2D eigenvalue weighted by atomic mass is 35.5. The minimum absolute atomic E-state index is 0.139. The normalized spacial score (nSPS) is 10.6. The molecule has 5 heteroatoms. The molecule has 0 unspecified atom stereocenters. The van der Waals surface area contributed by atoms with Crippen molar-refractivity contribution in [2.45, 2.75) is 6.61 Å². The van der Waals surface area contributed by atoms with Gasteiger partial charge in [0, 0.05) is 16.1 Å². The maximum atomic E-state index is 10.8. The summed E-state index contributed by atoms with van der Waals surface area (Å²) >= 11 is 5.93. The van der Waals surface area contributed by atoms with Crippen LogP contribution in [-0.4, -0.2) is 21.2 Å². The number of aldehydes is 1. The summed E-state index contributed by atoms with van der Waals surface area (Å²) in [6.07, 6.45) is 0.798. The van der Waals surface area contributed by atoms with Gasteiger partial charge in [0.25, 0.3) is 0 Å². The zero-order chi connectivity index (χ0) is 15.5. The second kappa shape index (κ2) is 6.13. The van der Waals surface area contributed by atoms with Gasteiger partial charge in [-0.3, -0.25) is 4.79 Å². The van der Waals surface area contributed by atoms with Crippen LogP contribution in [0.5, 0.6) is 0 Å². The van der Waals surface area contributed by atoms with Gasteiger partial charge in [-0.05, 0) is 42.5 Å². The molecule has 3 rings (SSSR count). The first kappa shape index (κ1) is 14.5. The average molecular weight is 313 g/mol. The van der Waals surface area contributed by atoms with Gasteiger partial charge in [-0.15, -0.1) is 0 Å². The summed E-state index contributed by atoms with van der Waals surface area (Å²) in [5.74, 6) is 0. The second-order valence-corrected chi connectivity index (χ2v) is 5.24. The van der Waals surface area contributed by atoms with E-state index < -0.39 is 0 Å². The number of carbonyl (C=O) groups excluding carboxylic acids is 1. The Hall–Kier alpha value is -2.43. The van der Waals surface area contributed by atoms with Crippen molar-refractivity contribution in [2.24, 2.45) is 0 Å². The van der Waals surface area contributed by atoms with Crippen molar-refractivity contribution in [3.63, 3.8) is 0 Å². The van der Waals surface area contributed by atoms with E-state index in [0.29, 0.717) is 16.3 Å². The van der Waals surface area contributed by atoms with Gasteiger partial charge < -0.3 is 5.11 Å². The molecule has 4 nitrogen and oxygen atoms in total. The van der Waals surface area contributed by atoms with E-state index in [1.807, 2.05) is 42.5 Å². The molecule has 3 aromatic rings. The maximum Gasteiger partial charge on any atom is 0.150 e. The predicted octanol–water partition coefficient (Wildman–Crippen LogP) is 3.50. The SMILES string of the molecule is O=Cc1ccc(-n2nc(CO)cc2-c2ccc(Cl)cc2)cc1. The topological polar surface area (TPSA) is 55.1 Å². The highest BCUT2D eigenvalue weighted by Gasteiger charge is 2.11. The molecule has 0 radical (unpaired) electrons. The number of aromatic nitrogens is 2. The molecule has 0 aliphatic carbocycles. The summed E-state index contributed by atoms with van der Waals surface area (Å²) in [6.45, 7) is -0.139. The lowest BCUT2D eigenvalue weighted by Crippen LogP contribution is -2.00. The molecule has 1 N–H and O–H groups in total. The molecule has 0 saturated carbocycles. The third-order valence-corrected chi connectivity index (χ3v) is 3.59. The second-order valence-electron chi connectivity index (χ2n) is 4.81. The summed E-state index contributed by atoms with van der Waals surface area (Å²) in [4.78, 5) is 10.8. The van der Waals surface area contributed by atoms with Gasteiger partial charge in [-0.25, -0.2) is 4.68 Å². The van der Waals surface area contributed by atoms with Crippen molar-refractivity contribution in [3.05, 3.63) is 70.9 Å². The van der Waals surface area contributed by atoms with E-state index in [0.717, 1.165) is 23.2 Å². The lowest BCUT2D eigenvalue weighted by molar-refractivity contribution is 0.112. The van der Waals surface area contributed by atoms with Crippen LogP contribution < -0.4 is 0 Å². The molecule has 1 heterocycles. The van der Waals surface area contributed by atoms with Gasteiger partial charge in [-0.2, -0.15) is 5.10 Å². The number of hydrogen-bond acceptors (Lipinski definition) is 3. The van der Waals surface area contributed by atoms with E-state index in [4.69, 9.17) is 11.6 Å². The Kier molecular flexibility index (Phi) is 4.04. The van der Waals surface area contributed by atoms with Crippen LogP contribution in [0, 0.1) is 0 Å². The first-order valence-corrected chi connectivity index (χ1v) is 7.10. The molecule has 0 saturated heterocycles. The van der Waals surface area contributed by atoms with Crippen molar-refractivity contribution >= 4 is 17.9 Å². The van der Waals surface area contributed by atoms with Crippen LogP contribution in [0.4, 0.5) is 0 Å². The number of benzene rings is 2. The minimum atomic E-state index is -0.139. The van der Waals surface area contributed by atoms with E-state index in [2.05, 4.69) is 5.10 Å². The number of carbonyl (C=O) groups is 1. The Balaban J connectivity index is 2.11. The standard InChI is InChI=1S/C17H13ClN2O2/c18-14-5-3-13(4-6-14)17-9-15(11-22)19-20(17)16-7-1-12(10-21)2-8-16/h1-10,22H,11H2. The molecular weight excluding hydrogens is 300 g/mol. The zero-order valence-corrected chi connectivity index (χ0v) is 12.4. The van der Waals surface area contributed by atoms with Crippen LogP contribution in [0.15, 0.2) is 54.6 Å². The highest BCUT2D eigenvalue weighted by molar-refractivity contribution is 6.30. The Morgan fingerprint density at radius 2 is 1.77 bits per heavy atom. The van der Waals surface area contributed by atoms with E-state index in [1.165, 1.54) is 0 Å². The summed E-state index contributed by atoms with van der Waals surface area (Å²) < 4.78 is 1.74. The molecule has 0 spiro atoms. The van der Waals surface area contributed by atoms with Gasteiger partial charge in [0.05, 0.1) is 23.7 Å². The lowest BCUT2D eigenvalue weighted by atomic mass is 10.1. The van der Waals surface area contributed by atoms with Gasteiger partial charge in [0.15, 0.2) is 0 Å². The molecule has 0 aliphatic rings. The smallest absolute Gasteiger partial charge is 0.150 e. The molecule has 0 amide bonds. The summed E-state index contributed by atoms with van der Waals surface area (Å²) in [5.41, 5.74) is 3.78. The third kappa shape index (κ3) is 2.79. The quantitative estimate of drug-likeness (QED) is 0.750. The molecule has 110 valence electrons. The van der Waals surface area contributed by atoms with Crippen molar-refractivity contribution in [1.82, 2.24) is 9.78 Å². The number of aliphatic hydroxyl groups is 1. The number of rotatable bonds is 4. The molecular formula is C17H13ClN2O2. The predicted molar refractivity (Wildman–Crippen MR) is 85.3 cm³/mol. The van der Waals surface area contributed by atoms with Gasteiger partial charge in [0.1, 0.15) is 6.29 Å². The van der Waals surface area contributed by atoms with Crippen LogP contribution in [0.2, 0.25) is 5.02 Å². The molecule has 0 atom stereocenters. The fourth-order valence-electron chi connectivity index (χ4n) is 2.22. The van der Waals surface area contributed by atoms with Crippen molar-refractivity contribution < 1.29 is 9.90 Å². The summed E-state index contributed by atoms with van der Waals surface area (Å²) in [5, 5.41) is 14.4. The first-order chi connectivity index (χ1) is 10.7. The van der Waals surface area contributed by atoms with E-state index >= 15 is 0 Å². The molecule has 22 heavy (non-hydrogen) atoms. The van der Waals surface area contributed by atoms with Crippen LogP contribution >= 0.6 is 11.6 Å². The van der Waals surface area contributed by atoms with Crippen LogP contribution in [0.25, 0.3) is 16.9 Å². The zero-order valence-electron chi connectivity index (χ0n) is 11.6. The average Bonchev–Trinajstić information content (AvgIpc) is 3.00. The monoisotopic (exact) mass is 312 g/mol. The number of halogens is 1. The van der Waals surface area contributed by atoms with E-state index in [1.54, 1.807) is 16.8 Å². The maximum absolute atomic E-state index is 10.8. The van der Waals surface area contributed by atoms with Crippen LogP contribution in [0.3, 0.4) is 0 Å². The Labute approximate surface area is 132 Å². The molecule has 1 aromatic heterocycles. The van der Waals surface area contributed by atoms with Crippen molar-refractivity contribution in [3.8, 4) is 16.9 Å². The largest absolute Gasteiger partial charge is 0.390 e. The minimum Gasteiger partial charge on any atom is -0.390 e. The van der Waals surface area contributed by atoms with Crippen LogP contribution in [0.1, 0.15) is 16.1 Å². The Bertz CT molecular complexity index is 793. The van der Waals surface area contributed by atoms with E-state index in [-0.39, 0.29) is 6.61 Å². The van der Waals surface area contributed by atoms with Gasteiger partial charge in [-0.1, -0.05) is 23.7 Å². The van der Waals surface area contributed by atoms with E-state index in [9.17, 15) is 9.90 Å². The van der Waals surface area contributed by atoms with Gasteiger partial charge >= 0.3 is 0 Å². The van der Waals surface area contributed by atoms with Crippen molar-refractivity contribution in [2.75, 3.05) is 0 Å². The van der Waals surface area contributed by atoms with Crippen LogP contribution in [-0.2, 0) is 6.61 Å². The molecule has 0 bridgehead atoms. The number of aliphatic hydroxyl groups excluding tert-OH is 1. The fourth-order valence-corrected chi connectivity index (χ4v) is 2.35. The lowest BCUT2D eigenvalue weighted by Gasteiger charge is -2.08.